The number of hydrogen-bond acceptors (Lipinski definition) is 2. The molecule has 0 unspecified atom stereocenters. The lowest BCUT2D eigenvalue weighted by molar-refractivity contribution is 0.474. The van der Waals surface area contributed by atoms with Crippen LogP contribution in [0.3, 0.4) is 0 Å². The fourth-order valence-corrected chi connectivity index (χ4v) is 3.61. The number of rotatable bonds is 3. The van der Waals surface area contributed by atoms with Crippen LogP contribution in [0.2, 0.25) is 0 Å². The third-order valence-corrected chi connectivity index (χ3v) is 4.91. The molecule has 0 aliphatic heterocycles. The molecule has 25 heavy (non-hydrogen) atoms. The average molecular weight is 393 g/mol. The molecule has 0 atom stereocenters. The van der Waals surface area contributed by atoms with Crippen LogP contribution in [-0.2, 0) is 6.54 Å². The minimum absolute atomic E-state index is 0.218. The average Bonchev–Trinajstić information content (AvgIpc) is 2.95. The number of phenolic OH excluding ortho intramolecular Hbond substituents is 1. The maximum Gasteiger partial charge on any atom is 0.124 e. The number of phenols is 1. The van der Waals surface area contributed by atoms with E-state index in [9.17, 15) is 5.11 Å². The maximum absolute atomic E-state index is 9.95. The van der Waals surface area contributed by atoms with Gasteiger partial charge in [0.1, 0.15) is 5.75 Å². The molecule has 0 radical (unpaired) electrons. The number of aromatic nitrogens is 1. The van der Waals surface area contributed by atoms with Crippen molar-refractivity contribution in [3.8, 4) is 5.75 Å². The van der Waals surface area contributed by atoms with Crippen molar-refractivity contribution < 1.29 is 5.11 Å². The smallest absolute Gasteiger partial charge is 0.124 e. The highest BCUT2D eigenvalue weighted by molar-refractivity contribution is 9.10. The van der Waals surface area contributed by atoms with Crippen LogP contribution in [0.25, 0.3) is 21.8 Å². The Morgan fingerprint density at radius 2 is 1.80 bits per heavy atom. The number of aromatic hydroxyl groups is 1. The van der Waals surface area contributed by atoms with Gasteiger partial charge >= 0.3 is 0 Å². The molecule has 4 heteroatoms. The van der Waals surface area contributed by atoms with E-state index in [1.54, 1.807) is 18.3 Å². The first-order chi connectivity index (χ1) is 12.2. The molecular formula is C21H17BrN2O. The van der Waals surface area contributed by atoms with Gasteiger partial charge in [-0.1, -0.05) is 34.1 Å². The molecule has 0 amide bonds. The Kier molecular flexibility index (Phi) is 4.06. The van der Waals surface area contributed by atoms with Crippen molar-refractivity contribution in [3.05, 3.63) is 70.7 Å². The summed E-state index contributed by atoms with van der Waals surface area (Å²) in [4.78, 5) is 4.56. The molecule has 1 heterocycles. The molecule has 0 spiro atoms. The van der Waals surface area contributed by atoms with E-state index < -0.39 is 0 Å². The number of para-hydroxylation sites is 1. The van der Waals surface area contributed by atoms with Crippen molar-refractivity contribution in [2.45, 2.75) is 13.5 Å². The molecule has 1 aromatic heterocycles. The number of benzene rings is 3. The van der Waals surface area contributed by atoms with Gasteiger partial charge in [-0.05, 0) is 49.4 Å². The minimum Gasteiger partial charge on any atom is -0.507 e. The van der Waals surface area contributed by atoms with Gasteiger partial charge in [-0.3, -0.25) is 4.99 Å². The van der Waals surface area contributed by atoms with E-state index in [0.29, 0.717) is 5.56 Å². The Hall–Kier alpha value is -2.59. The third kappa shape index (κ3) is 2.83. The molecular weight excluding hydrogens is 376 g/mol. The van der Waals surface area contributed by atoms with E-state index in [1.807, 2.05) is 12.1 Å². The van der Waals surface area contributed by atoms with Crippen LogP contribution in [0.15, 0.2) is 70.1 Å². The van der Waals surface area contributed by atoms with Gasteiger partial charge in [0, 0.05) is 44.6 Å². The number of aryl methyl sites for hydroxylation is 1. The molecule has 3 aromatic carbocycles. The fraction of sp³-hybridized carbons (Fsp3) is 0.0952. The Morgan fingerprint density at radius 1 is 1.00 bits per heavy atom. The molecule has 0 aliphatic carbocycles. The largest absolute Gasteiger partial charge is 0.507 e. The van der Waals surface area contributed by atoms with Crippen LogP contribution < -0.4 is 0 Å². The highest BCUT2D eigenvalue weighted by Gasteiger charge is 2.09. The van der Waals surface area contributed by atoms with Crippen molar-refractivity contribution in [2.75, 3.05) is 0 Å². The van der Waals surface area contributed by atoms with Gasteiger partial charge in [-0.25, -0.2) is 0 Å². The van der Waals surface area contributed by atoms with Crippen molar-refractivity contribution in [2.24, 2.45) is 4.99 Å². The molecule has 3 nitrogen and oxygen atoms in total. The summed E-state index contributed by atoms with van der Waals surface area (Å²) in [5.74, 6) is 0.218. The van der Waals surface area contributed by atoms with Gasteiger partial charge < -0.3 is 9.67 Å². The molecule has 0 fully saturated rings. The quantitative estimate of drug-likeness (QED) is 0.424. The molecule has 0 saturated heterocycles. The molecule has 0 saturated carbocycles. The summed E-state index contributed by atoms with van der Waals surface area (Å²) < 4.78 is 3.23. The van der Waals surface area contributed by atoms with Gasteiger partial charge in [0.25, 0.3) is 0 Å². The number of halogens is 1. The van der Waals surface area contributed by atoms with Crippen LogP contribution in [0.1, 0.15) is 12.5 Å². The molecule has 0 aliphatic rings. The van der Waals surface area contributed by atoms with E-state index in [2.05, 4.69) is 68.8 Å². The van der Waals surface area contributed by atoms with Gasteiger partial charge in [0.2, 0.25) is 0 Å². The Labute approximate surface area is 154 Å². The second-order valence-electron chi connectivity index (χ2n) is 5.92. The van der Waals surface area contributed by atoms with E-state index in [0.717, 1.165) is 16.7 Å². The maximum atomic E-state index is 9.95. The number of aliphatic imine (C=N–C) groups is 1. The van der Waals surface area contributed by atoms with E-state index in [4.69, 9.17) is 0 Å². The summed E-state index contributed by atoms with van der Waals surface area (Å²) in [6, 6.07) is 20.0. The summed E-state index contributed by atoms with van der Waals surface area (Å²) in [7, 11) is 0. The minimum atomic E-state index is 0.218. The van der Waals surface area contributed by atoms with Gasteiger partial charge in [-0.2, -0.15) is 0 Å². The summed E-state index contributed by atoms with van der Waals surface area (Å²) >= 11 is 3.42. The standard InChI is InChI=1S/C21H17BrN2O/c1-2-24-19-6-4-3-5-17(19)18-12-16(8-9-20(18)24)23-13-14-11-15(22)7-10-21(14)25/h3-13,25H,2H2,1H3. The Morgan fingerprint density at radius 3 is 2.64 bits per heavy atom. The first kappa shape index (κ1) is 15.9. The molecule has 0 bridgehead atoms. The van der Waals surface area contributed by atoms with Gasteiger partial charge in [-0.15, -0.1) is 0 Å². The summed E-state index contributed by atoms with van der Waals surface area (Å²) in [6.45, 7) is 3.09. The highest BCUT2D eigenvalue weighted by Crippen LogP contribution is 2.32. The lowest BCUT2D eigenvalue weighted by Gasteiger charge is -2.03. The molecule has 4 rings (SSSR count). The normalized spacial score (nSPS) is 11.8. The van der Waals surface area contributed by atoms with Crippen LogP contribution in [0, 0.1) is 0 Å². The lowest BCUT2D eigenvalue weighted by Crippen LogP contribution is -1.92. The first-order valence-electron chi connectivity index (χ1n) is 8.21. The summed E-state index contributed by atoms with van der Waals surface area (Å²) in [5, 5.41) is 12.4. The predicted molar refractivity (Wildman–Crippen MR) is 108 cm³/mol. The zero-order valence-corrected chi connectivity index (χ0v) is 15.4. The SMILES string of the molecule is CCn1c2ccccc2c2cc(N=Cc3cc(Br)ccc3O)ccc21. The summed E-state index contributed by atoms with van der Waals surface area (Å²) in [6.07, 6.45) is 1.69. The number of nitrogens with zero attached hydrogens (tertiary/aromatic N) is 2. The van der Waals surface area contributed by atoms with E-state index in [-0.39, 0.29) is 5.75 Å². The molecule has 1 N–H and O–H groups in total. The Bertz CT molecular complexity index is 1110. The van der Waals surface area contributed by atoms with Gasteiger partial charge in [0.15, 0.2) is 0 Å². The second-order valence-corrected chi connectivity index (χ2v) is 6.84. The van der Waals surface area contributed by atoms with Crippen molar-refractivity contribution >= 4 is 49.6 Å². The van der Waals surface area contributed by atoms with E-state index in [1.165, 1.54) is 21.8 Å². The highest BCUT2D eigenvalue weighted by atomic mass is 79.9. The van der Waals surface area contributed by atoms with Gasteiger partial charge in [0.05, 0.1) is 5.69 Å². The second kappa shape index (κ2) is 6.37. The van der Waals surface area contributed by atoms with Crippen molar-refractivity contribution in [3.63, 3.8) is 0 Å². The van der Waals surface area contributed by atoms with Crippen molar-refractivity contribution in [1.82, 2.24) is 4.57 Å². The van der Waals surface area contributed by atoms with Crippen molar-refractivity contribution in [1.29, 1.82) is 0 Å². The number of hydrogen-bond donors (Lipinski definition) is 1. The van der Waals surface area contributed by atoms with Crippen LogP contribution in [-0.4, -0.2) is 15.9 Å². The zero-order chi connectivity index (χ0) is 17.4. The van der Waals surface area contributed by atoms with Crippen LogP contribution in [0.4, 0.5) is 5.69 Å². The third-order valence-electron chi connectivity index (χ3n) is 4.41. The predicted octanol–water partition coefficient (Wildman–Crippen LogP) is 6.03. The lowest BCUT2D eigenvalue weighted by atomic mass is 10.1. The molecule has 4 aromatic rings. The first-order valence-corrected chi connectivity index (χ1v) is 9.00. The Balaban J connectivity index is 1.83. The monoisotopic (exact) mass is 392 g/mol. The van der Waals surface area contributed by atoms with Crippen LogP contribution in [0.5, 0.6) is 5.75 Å². The fourth-order valence-electron chi connectivity index (χ4n) is 3.24. The number of fused-ring (bicyclic) bond motifs is 3. The molecule has 124 valence electrons. The zero-order valence-electron chi connectivity index (χ0n) is 13.8. The summed E-state index contributed by atoms with van der Waals surface area (Å²) in [5.41, 5.74) is 4.01. The van der Waals surface area contributed by atoms with Crippen LogP contribution >= 0.6 is 15.9 Å². The topological polar surface area (TPSA) is 37.5 Å². The van der Waals surface area contributed by atoms with E-state index >= 15 is 0 Å².